The van der Waals surface area contributed by atoms with E-state index in [9.17, 15) is 0 Å². The molecule has 0 aliphatic carbocycles. The molecule has 1 aromatic rings. The van der Waals surface area contributed by atoms with Gasteiger partial charge < -0.3 is 5.01 Å². The average Bonchev–Trinajstić information content (AvgIpc) is 2.35. The van der Waals surface area contributed by atoms with Gasteiger partial charge >= 0.3 is 0 Å². The molecule has 2 nitrogen and oxygen atoms in total. The van der Waals surface area contributed by atoms with Crippen LogP contribution in [-0.2, 0) is 6.42 Å². The first-order valence-corrected chi connectivity index (χ1v) is 6.84. The molecule has 0 bridgehead atoms. The van der Waals surface area contributed by atoms with Gasteiger partial charge in [0.05, 0.1) is 5.69 Å². The molecule has 0 radical (unpaired) electrons. The zero-order valence-electron chi connectivity index (χ0n) is 11.5. The van der Waals surface area contributed by atoms with Crippen molar-refractivity contribution < 1.29 is 0 Å². The monoisotopic (exact) mass is 234 g/mol. The van der Waals surface area contributed by atoms with Gasteiger partial charge in [0.25, 0.3) is 0 Å². The van der Waals surface area contributed by atoms with Gasteiger partial charge in [-0.15, -0.1) is 0 Å². The molecule has 0 atom stereocenters. The highest BCUT2D eigenvalue weighted by molar-refractivity contribution is 5.46. The van der Waals surface area contributed by atoms with Crippen LogP contribution in [0.3, 0.4) is 0 Å². The van der Waals surface area contributed by atoms with Gasteiger partial charge in [-0.25, -0.2) is 5.43 Å². The molecule has 1 N–H and O–H groups in total. The molecule has 2 heteroatoms. The molecule has 0 aliphatic rings. The Bertz CT molecular complexity index is 310. The number of aryl methyl sites for hydroxylation is 1. The maximum absolute atomic E-state index is 3.30. The SMILES string of the molecule is CCCCCCc1cccc(N(C)NCC)c1. The molecule has 0 amide bonds. The van der Waals surface area contributed by atoms with Crippen LogP contribution in [0.5, 0.6) is 0 Å². The Balaban J connectivity index is 2.47. The summed E-state index contributed by atoms with van der Waals surface area (Å²) in [7, 11) is 2.07. The van der Waals surface area contributed by atoms with Crippen molar-refractivity contribution in [3.8, 4) is 0 Å². The van der Waals surface area contributed by atoms with Gasteiger partial charge in [0.1, 0.15) is 0 Å². The summed E-state index contributed by atoms with van der Waals surface area (Å²) in [4.78, 5) is 0. The lowest BCUT2D eigenvalue weighted by Crippen LogP contribution is -2.33. The summed E-state index contributed by atoms with van der Waals surface area (Å²) in [5.74, 6) is 0. The predicted octanol–water partition coefficient (Wildman–Crippen LogP) is 3.77. The first-order chi connectivity index (χ1) is 8.27. The summed E-state index contributed by atoms with van der Waals surface area (Å²) >= 11 is 0. The molecule has 0 unspecified atom stereocenters. The van der Waals surface area contributed by atoms with Crippen LogP contribution >= 0.6 is 0 Å². The zero-order chi connectivity index (χ0) is 12.5. The summed E-state index contributed by atoms with van der Waals surface area (Å²) in [5.41, 5.74) is 6.00. The van der Waals surface area contributed by atoms with Crippen molar-refractivity contribution in [3.63, 3.8) is 0 Å². The van der Waals surface area contributed by atoms with E-state index >= 15 is 0 Å². The number of benzene rings is 1. The Morgan fingerprint density at radius 3 is 2.65 bits per heavy atom. The molecule has 96 valence electrons. The number of hydrazine groups is 1. The molecule has 0 aliphatic heterocycles. The van der Waals surface area contributed by atoms with Gasteiger partial charge in [-0.3, -0.25) is 0 Å². The molecule has 0 heterocycles. The number of nitrogens with zero attached hydrogens (tertiary/aromatic N) is 1. The second-order valence-corrected chi connectivity index (χ2v) is 4.55. The molecule has 17 heavy (non-hydrogen) atoms. The number of nitrogens with one attached hydrogen (secondary N) is 1. The molecule has 0 spiro atoms. The molecule has 1 aromatic carbocycles. The van der Waals surface area contributed by atoms with E-state index in [0.717, 1.165) is 6.54 Å². The van der Waals surface area contributed by atoms with E-state index in [2.05, 4.69) is 55.6 Å². The quantitative estimate of drug-likeness (QED) is 0.544. The maximum atomic E-state index is 3.30. The Morgan fingerprint density at radius 1 is 1.12 bits per heavy atom. The smallest absolute Gasteiger partial charge is 0.0519 e. The average molecular weight is 234 g/mol. The van der Waals surface area contributed by atoms with Gasteiger partial charge in [-0.2, -0.15) is 0 Å². The molecular weight excluding hydrogens is 208 g/mol. The first-order valence-electron chi connectivity index (χ1n) is 6.84. The normalized spacial score (nSPS) is 10.5. The highest BCUT2D eigenvalue weighted by Crippen LogP contribution is 2.15. The molecule has 1 rings (SSSR count). The van der Waals surface area contributed by atoms with E-state index < -0.39 is 0 Å². The number of hydrogen-bond acceptors (Lipinski definition) is 2. The Labute approximate surface area is 106 Å². The summed E-state index contributed by atoms with van der Waals surface area (Å²) in [6.07, 6.45) is 6.53. The lowest BCUT2D eigenvalue weighted by molar-refractivity contribution is 0.666. The second-order valence-electron chi connectivity index (χ2n) is 4.55. The van der Waals surface area contributed by atoms with Crippen LogP contribution in [0.2, 0.25) is 0 Å². The van der Waals surface area contributed by atoms with Gasteiger partial charge in [-0.05, 0) is 30.5 Å². The minimum atomic E-state index is 0.956. The lowest BCUT2D eigenvalue weighted by atomic mass is 10.1. The van der Waals surface area contributed by atoms with Crippen molar-refractivity contribution >= 4 is 5.69 Å². The van der Waals surface area contributed by atoms with Crippen molar-refractivity contribution in [3.05, 3.63) is 29.8 Å². The molecule has 0 fully saturated rings. The second kappa shape index (κ2) is 8.13. The van der Waals surface area contributed by atoms with E-state index in [0.29, 0.717) is 0 Å². The molecule has 0 saturated heterocycles. The van der Waals surface area contributed by atoms with Crippen LogP contribution in [0.4, 0.5) is 5.69 Å². The van der Waals surface area contributed by atoms with E-state index in [-0.39, 0.29) is 0 Å². The van der Waals surface area contributed by atoms with Gasteiger partial charge in [0, 0.05) is 13.6 Å². The maximum Gasteiger partial charge on any atom is 0.0519 e. The van der Waals surface area contributed by atoms with E-state index in [1.54, 1.807) is 0 Å². The largest absolute Gasteiger partial charge is 0.312 e. The Morgan fingerprint density at radius 2 is 1.94 bits per heavy atom. The molecule has 0 aromatic heterocycles. The van der Waals surface area contributed by atoms with E-state index in [1.165, 1.54) is 43.4 Å². The minimum Gasteiger partial charge on any atom is -0.312 e. The van der Waals surface area contributed by atoms with Crippen molar-refractivity contribution in [1.29, 1.82) is 0 Å². The van der Waals surface area contributed by atoms with E-state index in [1.807, 2.05) is 0 Å². The summed E-state index contributed by atoms with van der Waals surface area (Å²) < 4.78 is 0. The minimum absolute atomic E-state index is 0.956. The fourth-order valence-electron chi connectivity index (χ4n) is 2.00. The van der Waals surface area contributed by atoms with Gasteiger partial charge in [-0.1, -0.05) is 45.2 Å². The van der Waals surface area contributed by atoms with Crippen molar-refractivity contribution in [2.24, 2.45) is 0 Å². The number of hydrogen-bond donors (Lipinski definition) is 1. The molecular formula is C15H26N2. The van der Waals surface area contributed by atoms with Crippen LogP contribution < -0.4 is 10.4 Å². The predicted molar refractivity (Wildman–Crippen MR) is 76.4 cm³/mol. The summed E-state index contributed by atoms with van der Waals surface area (Å²) in [6.45, 7) is 5.33. The Kier molecular flexibility index (Phi) is 6.71. The highest BCUT2D eigenvalue weighted by Gasteiger charge is 2.00. The van der Waals surface area contributed by atoms with Crippen LogP contribution in [0.1, 0.15) is 45.1 Å². The van der Waals surface area contributed by atoms with Gasteiger partial charge in [0.2, 0.25) is 0 Å². The lowest BCUT2D eigenvalue weighted by Gasteiger charge is -2.20. The first kappa shape index (κ1) is 14.0. The van der Waals surface area contributed by atoms with Crippen LogP contribution in [0.25, 0.3) is 0 Å². The zero-order valence-corrected chi connectivity index (χ0v) is 11.5. The number of unbranched alkanes of at least 4 members (excludes halogenated alkanes) is 3. The number of rotatable bonds is 8. The molecule has 0 saturated carbocycles. The fourth-order valence-corrected chi connectivity index (χ4v) is 2.00. The topological polar surface area (TPSA) is 15.3 Å². The van der Waals surface area contributed by atoms with Crippen LogP contribution in [-0.4, -0.2) is 13.6 Å². The third kappa shape index (κ3) is 5.22. The number of anilines is 1. The van der Waals surface area contributed by atoms with Gasteiger partial charge in [0.15, 0.2) is 0 Å². The standard InChI is InChI=1S/C15H26N2/c1-4-6-7-8-10-14-11-9-12-15(13-14)17(3)16-5-2/h9,11-13,16H,4-8,10H2,1-3H3. The third-order valence-corrected chi connectivity index (χ3v) is 3.01. The van der Waals surface area contributed by atoms with E-state index in [4.69, 9.17) is 0 Å². The Hall–Kier alpha value is -1.02. The van der Waals surface area contributed by atoms with Crippen LogP contribution in [0.15, 0.2) is 24.3 Å². The fraction of sp³-hybridized carbons (Fsp3) is 0.600. The highest BCUT2D eigenvalue weighted by atomic mass is 15.5. The summed E-state index contributed by atoms with van der Waals surface area (Å²) in [6, 6.07) is 8.82. The van der Waals surface area contributed by atoms with Crippen molar-refractivity contribution in [1.82, 2.24) is 5.43 Å². The van der Waals surface area contributed by atoms with Crippen molar-refractivity contribution in [2.45, 2.75) is 46.0 Å². The third-order valence-electron chi connectivity index (χ3n) is 3.01. The summed E-state index contributed by atoms with van der Waals surface area (Å²) in [5, 5.41) is 2.09. The van der Waals surface area contributed by atoms with Crippen LogP contribution in [0, 0.1) is 0 Å². The van der Waals surface area contributed by atoms with Crippen molar-refractivity contribution in [2.75, 3.05) is 18.6 Å².